The highest BCUT2D eigenvalue weighted by molar-refractivity contribution is 5.92. The first-order valence-electron chi connectivity index (χ1n) is 7.69. The summed E-state index contributed by atoms with van der Waals surface area (Å²) in [7, 11) is 1.64. The summed E-state index contributed by atoms with van der Waals surface area (Å²) in [5.41, 5.74) is -0.133. The molecule has 0 saturated heterocycles. The lowest BCUT2D eigenvalue weighted by Gasteiger charge is -2.34. The summed E-state index contributed by atoms with van der Waals surface area (Å²) in [6, 6.07) is 3.64. The van der Waals surface area contributed by atoms with E-state index < -0.39 is 5.60 Å². The first-order chi connectivity index (χ1) is 10.0. The van der Waals surface area contributed by atoms with Crippen molar-refractivity contribution in [1.82, 2.24) is 9.88 Å². The van der Waals surface area contributed by atoms with E-state index in [-0.39, 0.29) is 5.91 Å². The molecule has 5 nitrogen and oxygen atoms in total. The normalized spacial score (nSPS) is 25.8. The number of aliphatic hydroxyl groups is 1. The fourth-order valence-corrected chi connectivity index (χ4v) is 2.82. The van der Waals surface area contributed by atoms with Crippen molar-refractivity contribution >= 4 is 5.91 Å². The minimum Gasteiger partial charge on any atom is -0.388 e. The van der Waals surface area contributed by atoms with Crippen LogP contribution in [0.2, 0.25) is 0 Å². The molecular formula is C16H26N2O3. The van der Waals surface area contributed by atoms with E-state index in [1.165, 1.54) is 0 Å². The van der Waals surface area contributed by atoms with Crippen molar-refractivity contribution in [3.8, 4) is 0 Å². The molecule has 0 aromatic carbocycles. The Kier molecular flexibility index (Phi) is 5.42. The van der Waals surface area contributed by atoms with Crippen LogP contribution >= 0.6 is 0 Å². The lowest BCUT2D eigenvalue weighted by atomic mass is 9.79. The van der Waals surface area contributed by atoms with Crippen LogP contribution in [0.1, 0.15) is 43.1 Å². The zero-order valence-corrected chi connectivity index (χ0v) is 13.0. The van der Waals surface area contributed by atoms with Crippen molar-refractivity contribution in [2.75, 3.05) is 20.3 Å². The second-order valence-corrected chi connectivity index (χ2v) is 6.17. The number of methoxy groups -OCH3 is 1. The van der Waals surface area contributed by atoms with Gasteiger partial charge in [0.25, 0.3) is 5.91 Å². The molecule has 1 heterocycles. The highest BCUT2D eigenvalue weighted by Gasteiger charge is 2.32. The fraction of sp³-hybridized carbons (Fsp3) is 0.688. The molecule has 118 valence electrons. The van der Waals surface area contributed by atoms with Crippen LogP contribution in [-0.4, -0.2) is 41.4 Å². The third-order valence-electron chi connectivity index (χ3n) is 4.38. The number of aromatic nitrogens is 1. The molecule has 1 aromatic rings. The molecule has 0 atom stereocenters. The summed E-state index contributed by atoms with van der Waals surface area (Å²) in [5.74, 6) is 0.537. The SMILES string of the molecule is COCCn1cccc1C(=O)NCC1(O)CCC(C)CC1. The largest absolute Gasteiger partial charge is 0.388 e. The predicted molar refractivity (Wildman–Crippen MR) is 81.2 cm³/mol. The second-order valence-electron chi connectivity index (χ2n) is 6.17. The van der Waals surface area contributed by atoms with Crippen molar-refractivity contribution in [2.24, 2.45) is 5.92 Å². The summed E-state index contributed by atoms with van der Waals surface area (Å²) in [6.45, 7) is 3.75. The van der Waals surface area contributed by atoms with E-state index in [1.807, 2.05) is 16.8 Å². The van der Waals surface area contributed by atoms with Crippen LogP contribution in [0.25, 0.3) is 0 Å². The topological polar surface area (TPSA) is 63.5 Å². The molecule has 0 aliphatic heterocycles. The number of rotatable bonds is 6. The van der Waals surface area contributed by atoms with E-state index in [1.54, 1.807) is 13.2 Å². The van der Waals surface area contributed by atoms with Crippen molar-refractivity contribution in [3.63, 3.8) is 0 Å². The molecule has 1 fully saturated rings. The molecule has 1 aliphatic rings. The highest BCUT2D eigenvalue weighted by atomic mass is 16.5. The number of amides is 1. The molecule has 2 rings (SSSR count). The fourth-order valence-electron chi connectivity index (χ4n) is 2.82. The van der Waals surface area contributed by atoms with Gasteiger partial charge in [0.15, 0.2) is 0 Å². The van der Waals surface area contributed by atoms with E-state index in [4.69, 9.17) is 4.74 Å². The number of hydrogen-bond donors (Lipinski definition) is 2. The lowest BCUT2D eigenvalue weighted by molar-refractivity contribution is -0.00547. The van der Waals surface area contributed by atoms with E-state index >= 15 is 0 Å². The standard InChI is InChI=1S/C16H26N2O3/c1-13-5-7-16(20,8-6-13)12-17-15(19)14-4-3-9-18(14)10-11-21-2/h3-4,9,13,20H,5-8,10-12H2,1-2H3,(H,17,19). The second kappa shape index (κ2) is 7.09. The summed E-state index contributed by atoms with van der Waals surface area (Å²) in [6.07, 6.45) is 5.44. The van der Waals surface area contributed by atoms with Crippen molar-refractivity contribution in [2.45, 2.75) is 44.8 Å². The first kappa shape index (κ1) is 16.0. The zero-order chi connectivity index (χ0) is 15.3. The Morgan fingerprint density at radius 3 is 2.90 bits per heavy atom. The smallest absolute Gasteiger partial charge is 0.268 e. The summed E-state index contributed by atoms with van der Waals surface area (Å²) >= 11 is 0. The van der Waals surface area contributed by atoms with Gasteiger partial charge in [-0.05, 0) is 43.7 Å². The molecule has 1 aliphatic carbocycles. The molecule has 21 heavy (non-hydrogen) atoms. The summed E-state index contributed by atoms with van der Waals surface area (Å²) < 4.78 is 6.91. The van der Waals surface area contributed by atoms with Crippen LogP contribution in [0.15, 0.2) is 18.3 Å². The average molecular weight is 294 g/mol. The van der Waals surface area contributed by atoms with Crippen LogP contribution in [0.5, 0.6) is 0 Å². The van der Waals surface area contributed by atoms with Crippen LogP contribution in [-0.2, 0) is 11.3 Å². The zero-order valence-electron chi connectivity index (χ0n) is 13.0. The van der Waals surface area contributed by atoms with Crippen molar-refractivity contribution in [1.29, 1.82) is 0 Å². The van der Waals surface area contributed by atoms with Crippen molar-refractivity contribution < 1.29 is 14.6 Å². The molecule has 1 amide bonds. The molecular weight excluding hydrogens is 268 g/mol. The third-order valence-corrected chi connectivity index (χ3v) is 4.38. The maximum Gasteiger partial charge on any atom is 0.268 e. The number of ether oxygens (including phenoxy) is 1. The summed E-state index contributed by atoms with van der Waals surface area (Å²) in [4.78, 5) is 12.3. The Morgan fingerprint density at radius 1 is 1.52 bits per heavy atom. The summed E-state index contributed by atoms with van der Waals surface area (Å²) in [5, 5.41) is 13.4. The molecule has 0 spiro atoms. The van der Waals surface area contributed by atoms with Crippen molar-refractivity contribution in [3.05, 3.63) is 24.0 Å². The van der Waals surface area contributed by atoms with E-state index in [0.29, 0.717) is 31.3 Å². The van der Waals surface area contributed by atoms with Gasteiger partial charge in [-0.3, -0.25) is 4.79 Å². The Morgan fingerprint density at radius 2 is 2.24 bits per heavy atom. The molecule has 0 radical (unpaired) electrons. The van der Waals surface area contributed by atoms with Gasteiger partial charge >= 0.3 is 0 Å². The Labute approximate surface area is 126 Å². The van der Waals surface area contributed by atoms with Crippen LogP contribution < -0.4 is 5.32 Å². The minimum atomic E-state index is -0.744. The quantitative estimate of drug-likeness (QED) is 0.841. The number of nitrogens with zero attached hydrogens (tertiary/aromatic N) is 1. The Hall–Kier alpha value is -1.33. The van der Waals surface area contributed by atoms with Crippen LogP contribution in [0.4, 0.5) is 0 Å². The van der Waals surface area contributed by atoms with Gasteiger partial charge in [-0.15, -0.1) is 0 Å². The van der Waals surface area contributed by atoms with E-state index in [9.17, 15) is 9.90 Å². The van der Waals surface area contributed by atoms with E-state index in [2.05, 4.69) is 12.2 Å². The maximum absolute atomic E-state index is 12.3. The lowest BCUT2D eigenvalue weighted by Crippen LogP contribution is -2.45. The first-order valence-corrected chi connectivity index (χ1v) is 7.69. The van der Waals surface area contributed by atoms with Gasteiger partial charge in [0.2, 0.25) is 0 Å². The van der Waals surface area contributed by atoms with E-state index in [0.717, 1.165) is 25.7 Å². The average Bonchev–Trinajstić information content (AvgIpc) is 2.95. The van der Waals surface area contributed by atoms with Gasteiger partial charge in [0.1, 0.15) is 5.69 Å². The molecule has 2 N–H and O–H groups in total. The van der Waals surface area contributed by atoms with Gasteiger partial charge in [-0.1, -0.05) is 6.92 Å². The molecule has 1 saturated carbocycles. The Bertz CT molecular complexity index is 462. The number of carbonyl (C=O) groups is 1. The third kappa shape index (κ3) is 4.32. The maximum atomic E-state index is 12.3. The monoisotopic (exact) mass is 294 g/mol. The molecule has 5 heteroatoms. The molecule has 0 bridgehead atoms. The van der Waals surface area contributed by atoms with Gasteiger partial charge in [0.05, 0.1) is 12.2 Å². The van der Waals surface area contributed by atoms with Gasteiger partial charge in [-0.2, -0.15) is 0 Å². The number of carbonyl (C=O) groups excluding carboxylic acids is 1. The van der Waals surface area contributed by atoms with Gasteiger partial charge in [-0.25, -0.2) is 0 Å². The number of nitrogens with one attached hydrogen (secondary N) is 1. The molecule has 1 aromatic heterocycles. The molecule has 0 unspecified atom stereocenters. The van der Waals surface area contributed by atoms with Gasteiger partial charge < -0.3 is 19.7 Å². The predicted octanol–water partition coefficient (Wildman–Crippen LogP) is 1.81. The highest BCUT2D eigenvalue weighted by Crippen LogP contribution is 2.31. The van der Waals surface area contributed by atoms with Gasteiger partial charge in [0, 0.05) is 26.4 Å². The van der Waals surface area contributed by atoms with Crippen LogP contribution in [0, 0.1) is 5.92 Å². The number of hydrogen-bond acceptors (Lipinski definition) is 3. The Balaban J connectivity index is 1.88. The minimum absolute atomic E-state index is 0.136. The van der Waals surface area contributed by atoms with Crippen LogP contribution in [0.3, 0.4) is 0 Å².